The fraction of sp³-hybridized carbons (Fsp3) is 1.00. The van der Waals surface area contributed by atoms with Gasteiger partial charge in [-0.05, 0) is 63.6 Å². The molecule has 2 nitrogen and oxygen atoms in total. The van der Waals surface area contributed by atoms with Crippen LogP contribution in [0.4, 0.5) is 0 Å². The normalized spacial score (nSPS) is 25.1. The Kier molecular flexibility index (Phi) is 5.30. The van der Waals surface area contributed by atoms with Crippen LogP contribution < -0.4 is 5.32 Å². The van der Waals surface area contributed by atoms with E-state index < -0.39 is 0 Å². The molecule has 1 aliphatic heterocycles. The molecule has 0 bridgehead atoms. The van der Waals surface area contributed by atoms with E-state index in [2.05, 4.69) is 24.1 Å². The standard InChI is InChI=1S/C15H30N2/c1-3-4-13(2)12-17-9-7-15(8-10-17)16-11-14-5-6-14/h13-16H,3-12H2,1-2H3. The van der Waals surface area contributed by atoms with E-state index in [4.69, 9.17) is 0 Å². The van der Waals surface area contributed by atoms with E-state index in [1.54, 1.807) is 0 Å². The highest BCUT2D eigenvalue weighted by Gasteiger charge is 2.24. The van der Waals surface area contributed by atoms with E-state index in [1.165, 1.54) is 64.7 Å². The summed E-state index contributed by atoms with van der Waals surface area (Å²) in [5.41, 5.74) is 0. The van der Waals surface area contributed by atoms with Crippen molar-refractivity contribution < 1.29 is 0 Å². The molecule has 1 N–H and O–H groups in total. The largest absolute Gasteiger partial charge is 0.314 e. The Hall–Kier alpha value is -0.0800. The number of likely N-dealkylation sites (tertiary alicyclic amines) is 1. The van der Waals surface area contributed by atoms with Gasteiger partial charge in [0.15, 0.2) is 0 Å². The molecule has 1 heterocycles. The zero-order chi connectivity index (χ0) is 12.1. The molecular formula is C15H30N2. The van der Waals surface area contributed by atoms with Gasteiger partial charge in [-0.25, -0.2) is 0 Å². The van der Waals surface area contributed by atoms with Crippen molar-refractivity contribution in [1.82, 2.24) is 10.2 Å². The van der Waals surface area contributed by atoms with Gasteiger partial charge in [-0.1, -0.05) is 20.3 Å². The second kappa shape index (κ2) is 6.75. The molecule has 2 fully saturated rings. The molecule has 2 rings (SSSR count). The van der Waals surface area contributed by atoms with E-state index in [-0.39, 0.29) is 0 Å². The third-order valence-electron chi connectivity index (χ3n) is 4.33. The highest BCUT2D eigenvalue weighted by Crippen LogP contribution is 2.28. The number of nitrogens with zero attached hydrogens (tertiary/aromatic N) is 1. The lowest BCUT2D eigenvalue weighted by Crippen LogP contribution is -2.44. The molecule has 1 saturated heterocycles. The lowest BCUT2D eigenvalue weighted by Gasteiger charge is -2.34. The van der Waals surface area contributed by atoms with Crippen LogP contribution in [-0.4, -0.2) is 37.1 Å². The molecule has 1 aliphatic carbocycles. The van der Waals surface area contributed by atoms with Gasteiger partial charge in [0.2, 0.25) is 0 Å². The summed E-state index contributed by atoms with van der Waals surface area (Å²) in [7, 11) is 0. The van der Waals surface area contributed by atoms with Crippen LogP contribution >= 0.6 is 0 Å². The summed E-state index contributed by atoms with van der Waals surface area (Å²) in [5.74, 6) is 1.91. The fourth-order valence-corrected chi connectivity index (χ4v) is 3.00. The van der Waals surface area contributed by atoms with Crippen molar-refractivity contribution in [3.05, 3.63) is 0 Å². The Balaban J connectivity index is 1.56. The van der Waals surface area contributed by atoms with Crippen molar-refractivity contribution in [2.45, 2.75) is 58.4 Å². The zero-order valence-corrected chi connectivity index (χ0v) is 11.8. The van der Waals surface area contributed by atoms with E-state index in [9.17, 15) is 0 Å². The van der Waals surface area contributed by atoms with Crippen molar-refractivity contribution in [3.63, 3.8) is 0 Å². The van der Waals surface area contributed by atoms with E-state index in [0.717, 1.165) is 17.9 Å². The maximum Gasteiger partial charge on any atom is 0.00915 e. The van der Waals surface area contributed by atoms with Crippen molar-refractivity contribution >= 4 is 0 Å². The van der Waals surface area contributed by atoms with E-state index in [0.29, 0.717) is 0 Å². The second-order valence-electron chi connectivity index (χ2n) is 6.32. The van der Waals surface area contributed by atoms with Crippen LogP contribution in [0.25, 0.3) is 0 Å². The second-order valence-corrected chi connectivity index (χ2v) is 6.32. The minimum atomic E-state index is 0.813. The first kappa shape index (κ1) is 13.4. The first-order chi connectivity index (χ1) is 8.28. The van der Waals surface area contributed by atoms with Gasteiger partial charge in [0.05, 0.1) is 0 Å². The quantitative estimate of drug-likeness (QED) is 0.733. The molecule has 0 aromatic heterocycles. The van der Waals surface area contributed by atoms with E-state index in [1.807, 2.05) is 0 Å². The molecule has 0 spiro atoms. The highest BCUT2D eigenvalue weighted by molar-refractivity contribution is 4.82. The SMILES string of the molecule is CCCC(C)CN1CCC(NCC2CC2)CC1. The average molecular weight is 238 g/mol. The van der Waals surface area contributed by atoms with Gasteiger partial charge in [-0.2, -0.15) is 0 Å². The van der Waals surface area contributed by atoms with Crippen molar-refractivity contribution in [3.8, 4) is 0 Å². The Bertz CT molecular complexity index is 205. The fourth-order valence-electron chi connectivity index (χ4n) is 3.00. The third-order valence-corrected chi connectivity index (χ3v) is 4.33. The van der Waals surface area contributed by atoms with Gasteiger partial charge in [0, 0.05) is 12.6 Å². The number of nitrogens with one attached hydrogen (secondary N) is 1. The van der Waals surface area contributed by atoms with Gasteiger partial charge in [0.25, 0.3) is 0 Å². The van der Waals surface area contributed by atoms with Gasteiger partial charge in [0.1, 0.15) is 0 Å². The lowest BCUT2D eigenvalue weighted by atomic mass is 10.0. The van der Waals surface area contributed by atoms with Crippen LogP contribution in [-0.2, 0) is 0 Å². The van der Waals surface area contributed by atoms with Crippen LogP contribution in [0.15, 0.2) is 0 Å². The Labute approximate surface area is 107 Å². The van der Waals surface area contributed by atoms with Gasteiger partial charge < -0.3 is 10.2 Å². The maximum atomic E-state index is 3.76. The van der Waals surface area contributed by atoms with Crippen molar-refractivity contribution in [1.29, 1.82) is 0 Å². The molecular weight excluding hydrogens is 208 g/mol. The minimum Gasteiger partial charge on any atom is -0.314 e. The highest BCUT2D eigenvalue weighted by atomic mass is 15.1. The van der Waals surface area contributed by atoms with Crippen molar-refractivity contribution in [2.24, 2.45) is 11.8 Å². The molecule has 0 aromatic carbocycles. The van der Waals surface area contributed by atoms with Crippen molar-refractivity contribution in [2.75, 3.05) is 26.2 Å². The number of hydrogen-bond acceptors (Lipinski definition) is 2. The molecule has 2 heteroatoms. The summed E-state index contributed by atoms with van der Waals surface area (Å²) in [6.45, 7) is 9.94. The third kappa shape index (κ3) is 4.97. The lowest BCUT2D eigenvalue weighted by molar-refractivity contribution is 0.172. The molecule has 2 aliphatic rings. The average Bonchev–Trinajstić information content (AvgIpc) is 3.12. The topological polar surface area (TPSA) is 15.3 Å². The predicted octanol–water partition coefficient (Wildman–Crippen LogP) is 2.89. The van der Waals surface area contributed by atoms with Crippen LogP contribution in [0.1, 0.15) is 52.4 Å². The first-order valence-corrected chi connectivity index (χ1v) is 7.73. The summed E-state index contributed by atoms with van der Waals surface area (Å²) in [5, 5.41) is 3.76. The molecule has 1 atom stereocenters. The van der Waals surface area contributed by atoms with Gasteiger partial charge in [-0.3, -0.25) is 0 Å². The van der Waals surface area contributed by atoms with Crippen LogP contribution in [0, 0.1) is 11.8 Å². The molecule has 100 valence electrons. The predicted molar refractivity (Wildman–Crippen MR) is 74.3 cm³/mol. The van der Waals surface area contributed by atoms with Gasteiger partial charge >= 0.3 is 0 Å². The van der Waals surface area contributed by atoms with Crippen LogP contribution in [0.3, 0.4) is 0 Å². The zero-order valence-electron chi connectivity index (χ0n) is 11.8. The molecule has 1 unspecified atom stereocenters. The summed E-state index contributed by atoms with van der Waals surface area (Å²) in [4.78, 5) is 2.68. The summed E-state index contributed by atoms with van der Waals surface area (Å²) >= 11 is 0. The maximum absolute atomic E-state index is 3.76. The molecule has 17 heavy (non-hydrogen) atoms. The molecule has 1 saturated carbocycles. The smallest absolute Gasteiger partial charge is 0.00915 e. The summed E-state index contributed by atoms with van der Waals surface area (Å²) < 4.78 is 0. The Morgan fingerprint density at radius 3 is 2.47 bits per heavy atom. The molecule has 0 radical (unpaired) electrons. The number of hydrogen-bond donors (Lipinski definition) is 1. The monoisotopic (exact) mass is 238 g/mol. The van der Waals surface area contributed by atoms with Gasteiger partial charge in [-0.15, -0.1) is 0 Å². The minimum absolute atomic E-state index is 0.813. The summed E-state index contributed by atoms with van der Waals surface area (Å²) in [6.07, 6.45) is 8.40. The Morgan fingerprint density at radius 2 is 1.88 bits per heavy atom. The van der Waals surface area contributed by atoms with Crippen LogP contribution in [0.5, 0.6) is 0 Å². The summed E-state index contributed by atoms with van der Waals surface area (Å²) in [6, 6.07) is 0.813. The van der Waals surface area contributed by atoms with E-state index >= 15 is 0 Å². The molecule has 0 aromatic rings. The number of rotatable bonds is 7. The van der Waals surface area contributed by atoms with Crippen LogP contribution in [0.2, 0.25) is 0 Å². The Morgan fingerprint density at radius 1 is 1.18 bits per heavy atom. The number of piperidine rings is 1. The molecule has 0 amide bonds. The first-order valence-electron chi connectivity index (χ1n) is 7.73.